The van der Waals surface area contributed by atoms with E-state index >= 15 is 0 Å². The monoisotopic (exact) mass is 440 g/mol. The number of para-hydroxylation sites is 1. The molecular formula is C24H28N2O4S. The molecule has 0 unspecified atom stereocenters. The van der Waals surface area contributed by atoms with Crippen LogP contribution in [0.15, 0.2) is 42.5 Å². The quantitative estimate of drug-likeness (QED) is 0.529. The number of ether oxygens (including phenoxy) is 3. The number of esters is 1. The van der Waals surface area contributed by atoms with Crippen LogP contribution >= 0.6 is 12.2 Å². The Hall–Kier alpha value is -2.80. The third-order valence-electron chi connectivity index (χ3n) is 5.93. The Bertz CT molecular complexity index is 994. The van der Waals surface area contributed by atoms with E-state index in [4.69, 9.17) is 26.4 Å². The van der Waals surface area contributed by atoms with Gasteiger partial charge in [-0.3, -0.25) is 9.69 Å². The van der Waals surface area contributed by atoms with Gasteiger partial charge >= 0.3 is 5.97 Å². The van der Waals surface area contributed by atoms with Gasteiger partial charge in [0, 0.05) is 11.3 Å². The first-order chi connectivity index (χ1) is 14.9. The number of hydrogen-bond donors (Lipinski definition) is 1. The number of nitrogens with one attached hydrogen (secondary N) is 1. The van der Waals surface area contributed by atoms with Gasteiger partial charge in [0.2, 0.25) is 5.72 Å². The second-order valence-corrected chi connectivity index (χ2v) is 8.16. The van der Waals surface area contributed by atoms with Crippen molar-refractivity contribution in [2.75, 3.05) is 18.1 Å². The number of fused-ring (bicyclic) bond motifs is 4. The molecule has 7 heteroatoms. The molecule has 31 heavy (non-hydrogen) atoms. The van der Waals surface area contributed by atoms with Crippen LogP contribution in [0.5, 0.6) is 11.5 Å². The normalized spacial score (nSPS) is 24.0. The standard InChI is InChI=1S/C24H28N2O4S/c1-5-15-11-13-16(14-12-15)26-23(31)25-20-17-9-8-10-18(28-6-2)21(17)30-24(26,4)19(20)22(27)29-7-3/h8-14,19-20H,5-7H2,1-4H3,(H,25,31)/t19-,20+,24-/m0/s1. The largest absolute Gasteiger partial charge is 0.490 e. The third kappa shape index (κ3) is 3.51. The van der Waals surface area contributed by atoms with Gasteiger partial charge in [-0.1, -0.05) is 31.2 Å². The van der Waals surface area contributed by atoms with Gasteiger partial charge in [0.15, 0.2) is 16.6 Å². The fraction of sp³-hybridized carbons (Fsp3) is 0.417. The summed E-state index contributed by atoms with van der Waals surface area (Å²) in [5.74, 6) is 0.319. The maximum atomic E-state index is 13.2. The predicted octanol–water partition coefficient (Wildman–Crippen LogP) is 4.37. The molecule has 2 aromatic rings. The van der Waals surface area contributed by atoms with Gasteiger partial charge in [-0.15, -0.1) is 0 Å². The summed E-state index contributed by atoms with van der Waals surface area (Å²) in [5, 5.41) is 3.89. The van der Waals surface area contributed by atoms with Gasteiger partial charge in [-0.05, 0) is 63.2 Å². The number of benzene rings is 2. The molecule has 2 aliphatic rings. The Kier molecular flexibility index (Phi) is 5.79. The maximum absolute atomic E-state index is 13.2. The minimum Gasteiger partial charge on any atom is -0.490 e. The summed E-state index contributed by atoms with van der Waals surface area (Å²) in [4.78, 5) is 15.1. The molecule has 1 fully saturated rings. The first-order valence-corrected chi connectivity index (χ1v) is 11.2. The van der Waals surface area contributed by atoms with Crippen molar-refractivity contribution in [2.24, 2.45) is 5.92 Å². The lowest BCUT2D eigenvalue weighted by Gasteiger charge is -2.55. The van der Waals surface area contributed by atoms with Crippen molar-refractivity contribution in [3.63, 3.8) is 0 Å². The van der Waals surface area contributed by atoms with Crippen molar-refractivity contribution >= 4 is 29.0 Å². The number of carbonyl (C=O) groups excluding carboxylic acids is 1. The number of aryl methyl sites for hydroxylation is 1. The molecule has 0 spiro atoms. The molecule has 164 valence electrons. The highest BCUT2D eigenvalue weighted by Gasteiger charge is 2.60. The molecule has 6 nitrogen and oxygen atoms in total. The van der Waals surface area contributed by atoms with Crippen LogP contribution in [0.3, 0.4) is 0 Å². The summed E-state index contributed by atoms with van der Waals surface area (Å²) in [6, 6.07) is 13.5. The number of anilines is 1. The molecule has 0 aromatic heterocycles. The fourth-order valence-electron chi connectivity index (χ4n) is 4.50. The zero-order valence-electron chi connectivity index (χ0n) is 18.3. The third-order valence-corrected chi connectivity index (χ3v) is 6.23. The van der Waals surface area contributed by atoms with Crippen LogP contribution in [0.1, 0.15) is 44.9 Å². The molecule has 2 bridgehead atoms. The minimum atomic E-state index is -1.09. The first kappa shape index (κ1) is 21.4. The molecule has 2 aromatic carbocycles. The Labute approximate surface area is 188 Å². The second-order valence-electron chi connectivity index (χ2n) is 7.78. The Morgan fingerprint density at radius 3 is 2.55 bits per heavy atom. The number of thiocarbonyl (C=S) groups is 1. The minimum absolute atomic E-state index is 0.291. The summed E-state index contributed by atoms with van der Waals surface area (Å²) in [6.45, 7) is 8.55. The summed E-state index contributed by atoms with van der Waals surface area (Å²) < 4.78 is 17.9. The van der Waals surface area contributed by atoms with Gasteiger partial charge < -0.3 is 19.5 Å². The lowest BCUT2D eigenvalue weighted by atomic mass is 9.79. The SMILES string of the molecule is CCOC(=O)[C@@H]1[C@@H]2NC(=S)N(c3ccc(CC)cc3)[C@@]1(C)Oc1c(OCC)cccc12. The van der Waals surface area contributed by atoms with Crippen molar-refractivity contribution in [2.45, 2.75) is 45.9 Å². The molecule has 2 heterocycles. The molecule has 2 aliphatic heterocycles. The maximum Gasteiger partial charge on any atom is 0.317 e. The molecule has 1 saturated heterocycles. The highest BCUT2D eigenvalue weighted by molar-refractivity contribution is 7.80. The van der Waals surface area contributed by atoms with Crippen molar-refractivity contribution in [1.82, 2.24) is 5.32 Å². The van der Waals surface area contributed by atoms with E-state index in [2.05, 4.69) is 24.4 Å². The molecular weight excluding hydrogens is 412 g/mol. The summed E-state index contributed by atoms with van der Waals surface area (Å²) in [6.07, 6.45) is 0.940. The van der Waals surface area contributed by atoms with Crippen molar-refractivity contribution < 1.29 is 19.0 Å². The van der Waals surface area contributed by atoms with Gasteiger partial charge in [0.1, 0.15) is 5.92 Å². The van der Waals surface area contributed by atoms with Crippen LogP contribution in [0, 0.1) is 5.92 Å². The van der Waals surface area contributed by atoms with Crippen LogP contribution in [-0.2, 0) is 16.0 Å². The van der Waals surface area contributed by atoms with Crippen molar-refractivity contribution in [3.05, 3.63) is 53.6 Å². The molecule has 4 rings (SSSR count). The topological polar surface area (TPSA) is 60.0 Å². The van der Waals surface area contributed by atoms with E-state index in [0.29, 0.717) is 29.8 Å². The lowest BCUT2D eigenvalue weighted by molar-refractivity contribution is -0.159. The predicted molar refractivity (Wildman–Crippen MR) is 124 cm³/mol. The van der Waals surface area contributed by atoms with Crippen molar-refractivity contribution in [1.29, 1.82) is 0 Å². The van der Waals surface area contributed by atoms with E-state index in [1.165, 1.54) is 5.56 Å². The Balaban J connectivity index is 1.88. The van der Waals surface area contributed by atoms with Gasteiger partial charge in [0.25, 0.3) is 0 Å². The van der Waals surface area contributed by atoms with E-state index in [-0.39, 0.29) is 12.0 Å². The highest BCUT2D eigenvalue weighted by atomic mass is 32.1. The van der Waals surface area contributed by atoms with Gasteiger partial charge in [0.05, 0.1) is 19.3 Å². The van der Waals surface area contributed by atoms with Crippen LogP contribution < -0.4 is 19.7 Å². The van der Waals surface area contributed by atoms with E-state index in [1.807, 2.05) is 49.1 Å². The van der Waals surface area contributed by atoms with E-state index in [1.54, 1.807) is 6.92 Å². The van der Waals surface area contributed by atoms with Gasteiger partial charge in [-0.2, -0.15) is 0 Å². The van der Waals surface area contributed by atoms with Crippen LogP contribution in [0.25, 0.3) is 0 Å². The first-order valence-electron chi connectivity index (χ1n) is 10.8. The van der Waals surface area contributed by atoms with E-state index in [9.17, 15) is 4.79 Å². The average Bonchev–Trinajstić information content (AvgIpc) is 2.74. The zero-order chi connectivity index (χ0) is 22.2. The number of rotatable bonds is 6. The zero-order valence-corrected chi connectivity index (χ0v) is 19.1. The Morgan fingerprint density at radius 1 is 1.16 bits per heavy atom. The lowest BCUT2D eigenvalue weighted by Crippen LogP contribution is -2.71. The molecule has 0 aliphatic carbocycles. The second kappa shape index (κ2) is 8.38. The smallest absolute Gasteiger partial charge is 0.317 e. The van der Waals surface area contributed by atoms with Crippen molar-refractivity contribution in [3.8, 4) is 11.5 Å². The van der Waals surface area contributed by atoms with E-state index < -0.39 is 11.6 Å². The van der Waals surface area contributed by atoms with Gasteiger partial charge in [-0.25, -0.2) is 0 Å². The molecule has 3 atom stereocenters. The average molecular weight is 441 g/mol. The molecule has 0 radical (unpaired) electrons. The van der Waals surface area contributed by atoms with Crippen LogP contribution in [0.2, 0.25) is 0 Å². The fourth-order valence-corrected chi connectivity index (χ4v) is 4.91. The number of hydrogen-bond acceptors (Lipinski definition) is 5. The number of nitrogens with zero attached hydrogens (tertiary/aromatic N) is 1. The van der Waals surface area contributed by atoms with Crippen LogP contribution in [0.4, 0.5) is 5.69 Å². The summed E-state index contributed by atoms with van der Waals surface area (Å²) in [5.41, 5.74) is 1.82. The summed E-state index contributed by atoms with van der Waals surface area (Å²) >= 11 is 5.77. The van der Waals surface area contributed by atoms with Crippen LogP contribution in [-0.4, -0.2) is 30.0 Å². The van der Waals surface area contributed by atoms with E-state index in [0.717, 1.165) is 17.7 Å². The number of carbonyl (C=O) groups is 1. The summed E-state index contributed by atoms with van der Waals surface area (Å²) in [7, 11) is 0. The Morgan fingerprint density at radius 2 is 1.90 bits per heavy atom. The molecule has 0 saturated carbocycles. The molecule has 0 amide bonds. The molecule has 1 N–H and O–H groups in total. The highest BCUT2D eigenvalue weighted by Crippen LogP contribution is 2.52.